The summed E-state index contributed by atoms with van der Waals surface area (Å²) >= 11 is 2.90. The minimum atomic E-state index is -0.215. The molecule has 0 saturated carbocycles. The van der Waals surface area contributed by atoms with Crippen LogP contribution < -0.4 is 14.8 Å². The number of nitrogens with one attached hydrogen (secondary N) is 1. The van der Waals surface area contributed by atoms with E-state index in [1.807, 2.05) is 53.9 Å². The van der Waals surface area contributed by atoms with Crippen molar-refractivity contribution in [2.75, 3.05) is 19.5 Å². The van der Waals surface area contributed by atoms with Gasteiger partial charge >= 0.3 is 0 Å². The van der Waals surface area contributed by atoms with Gasteiger partial charge in [-0.25, -0.2) is 9.97 Å². The predicted octanol–water partition coefficient (Wildman–Crippen LogP) is 5.63. The number of amides is 1. The molecular formula is C23H19N3O3S2. The van der Waals surface area contributed by atoms with Crippen LogP contribution >= 0.6 is 23.1 Å². The average Bonchev–Trinajstić information content (AvgIpc) is 3.28. The van der Waals surface area contributed by atoms with Crippen molar-refractivity contribution < 1.29 is 14.3 Å². The SMILES string of the molecule is COc1ccc(OC)c(-c2csc(NC(=O)c3ccc(Sc4ccccn4)cc3)n2)c1. The average molecular weight is 450 g/mol. The fourth-order valence-corrected chi connectivity index (χ4v) is 4.32. The van der Waals surface area contributed by atoms with E-state index in [4.69, 9.17) is 9.47 Å². The molecule has 1 N–H and O–H groups in total. The number of nitrogens with zero attached hydrogens (tertiary/aromatic N) is 2. The molecular weight excluding hydrogens is 430 g/mol. The lowest BCUT2D eigenvalue weighted by atomic mass is 10.1. The zero-order chi connectivity index (χ0) is 21.6. The zero-order valence-electron chi connectivity index (χ0n) is 16.9. The van der Waals surface area contributed by atoms with Crippen LogP contribution in [0.25, 0.3) is 11.3 Å². The number of hydrogen-bond donors (Lipinski definition) is 1. The molecule has 156 valence electrons. The smallest absolute Gasteiger partial charge is 0.257 e. The molecule has 0 saturated heterocycles. The van der Waals surface area contributed by atoms with E-state index in [2.05, 4.69) is 15.3 Å². The van der Waals surface area contributed by atoms with Crippen LogP contribution in [0.2, 0.25) is 0 Å². The molecule has 2 heterocycles. The van der Waals surface area contributed by atoms with Gasteiger partial charge in [-0.15, -0.1) is 11.3 Å². The van der Waals surface area contributed by atoms with E-state index in [1.54, 1.807) is 44.3 Å². The molecule has 0 atom stereocenters. The van der Waals surface area contributed by atoms with Gasteiger partial charge in [0.15, 0.2) is 5.13 Å². The molecule has 0 fully saturated rings. The first-order valence-corrected chi connectivity index (χ1v) is 11.0. The molecule has 0 aliphatic carbocycles. The number of hydrogen-bond acceptors (Lipinski definition) is 7. The molecule has 0 unspecified atom stereocenters. The van der Waals surface area contributed by atoms with Crippen molar-refractivity contribution in [1.82, 2.24) is 9.97 Å². The molecule has 1 amide bonds. The van der Waals surface area contributed by atoms with Crippen molar-refractivity contribution in [1.29, 1.82) is 0 Å². The van der Waals surface area contributed by atoms with Crippen LogP contribution in [0.4, 0.5) is 5.13 Å². The molecule has 4 rings (SSSR count). The van der Waals surface area contributed by atoms with Crippen molar-refractivity contribution >= 4 is 34.1 Å². The molecule has 4 aromatic rings. The van der Waals surface area contributed by atoms with E-state index in [-0.39, 0.29) is 5.91 Å². The number of pyridine rings is 1. The summed E-state index contributed by atoms with van der Waals surface area (Å²) in [4.78, 5) is 22.5. The maximum Gasteiger partial charge on any atom is 0.257 e. The summed E-state index contributed by atoms with van der Waals surface area (Å²) in [6.07, 6.45) is 1.76. The minimum Gasteiger partial charge on any atom is -0.497 e. The second-order valence-electron chi connectivity index (χ2n) is 6.35. The number of rotatable bonds is 7. The zero-order valence-corrected chi connectivity index (χ0v) is 18.5. The van der Waals surface area contributed by atoms with Crippen LogP contribution in [-0.4, -0.2) is 30.1 Å². The van der Waals surface area contributed by atoms with Gasteiger partial charge < -0.3 is 9.47 Å². The molecule has 6 nitrogen and oxygen atoms in total. The highest BCUT2D eigenvalue weighted by Gasteiger charge is 2.14. The molecule has 8 heteroatoms. The van der Waals surface area contributed by atoms with E-state index < -0.39 is 0 Å². The summed E-state index contributed by atoms with van der Waals surface area (Å²) < 4.78 is 10.7. The first-order chi connectivity index (χ1) is 15.2. The summed E-state index contributed by atoms with van der Waals surface area (Å²) in [6.45, 7) is 0. The standard InChI is InChI=1S/C23H19N3O3S2/c1-28-16-8-11-20(29-2)18(13-16)19-14-30-23(25-19)26-22(27)15-6-9-17(10-7-15)31-21-5-3-4-12-24-21/h3-14H,1-2H3,(H,25,26,27). The molecule has 0 aliphatic heterocycles. The number of methoxy groups -OCH3 is 2. The van der Waals surface area contributed by atoms with E-state index >= 15 is 0 Å². The van der Waals surface area contributed by atoms with Gasteiger partial charge in [0.25, 0.3) is 5.91 Å². The van der Waals surface area contributed by atoms with E-state index in [9.17, 15) is 4.79 Å². The molecule has 0 aliphatic rings. The fraction of sp³-hybridized carbons (Fsp3) is 0.0870. The Bertz CT molecular complexity index is 1180. The van der Waals surface area contributed by atoms with Gasteiger partial charge in [0.05, 0.1) is 19.9 Å². The van der Waals surface area contributed by atoms with Crippen LogP contribution in [0.5, 0.6) is 11.5 Å². The van der Waals surface area contributed by atoms with E-state index in [1.165, 1.54) is 11.3 Å². The molecule has 31 heavy (non-hydrogen) atoms. The Morgan fingerprint density at radius 3 is 2.58 bits per heavy atom. The lowest BCUT2D eigenvalue weighted by Crippen LogP contribution is -2.11. The number of carbonyl (C=O) groups excluding carboxylic acids is 1. The first-order valence-electron chi connectivity index (χ1n) is 9.34. The molecule has 2 aromatic heterocycles. The highest BCUT2D eigenvalue weighted by molar-refractivity contribution is 7.99. The third-order valence-corrected chi connectivity index (χ3v) is 6.10. The van der Waals surface area contributed by atoms with Gasteiger partial charge in [0, 0.05) is 27.6 Å². The van der Waals surface area contributed by atoms with E-state index in [0.29, 0.717) is 27.9 Å². The second kappa shape index (κ2) is 9.63. The summed E-state index contributed by atoms with van der Waals surface area (Å²) in [5, 5.41) is 6.15. The monoisotopic (exact) mass is 449 g/mol. The summed E-state index contributed by atoms with van der Waals surface area (Å²) in [7, 11) is 3.22. The minimum absolute atomic E-state index is 0.215. The van der Waals surface area contributed by atoms with Crippen molar-refractivity contribution in [3.8, 4) is 22.8 Å². The third kappa shape index (κ3) is 5.04. The number of aromatic nitrogens is 2. The van der Waals surface area contributed by atoms with Gasteiger partial charge in [0.1, 0.15) is 16.5 Å². The predicted molar refractivity (Wildman–Crippen MR) is 123 cm³/mol. The number of carbonyl (C=O) groups is 1. The van der Waals surface area contributed by atoms with Gasteiger partial charge in [-0.05, 0) is 54.6 Å². The quantitative estimate of drug-likeness (QED) is 0.394. The van der Waals surface area contributed by atoms with Gasteiger partial charge in [-0.2, -0.15) is 0 Å². The van der Waals surface area contributed by atoms with Crippen LogP contribution in [0.1, 0.15) is 10.4 Å². The third-order valence-electron chi connectivity index (χ3n) is 4.38. The molecule has 0 bridgehead atoms. The second-order valence-corrected chi connectivity index (χ2v) is 8.30. The number of thiazole rings is 1. The van der Waals surface area contributed by atoms with Gasteiger partial charge in [-0.1, -0.05) is 17.8 Å². The summed E-state index contributed by atoms with van der Waals surface area (Å²) in [6, 6.07) is 18.7. The summed E-state index contributed by atoms with van der Waals surface area (Å²) in [5.74, 6) is 1.18. The Kier molecular flexibility index (Phi) is 6.49. The number of ether oxygens (including phenoxy) is 2. The van der Waals surface area contributed by atoms with Gasteiger partial charge in [0.2, 0.25) is 0 Å². The van der Waals surface area contributed by atoms with Crippen molar-refractivity contribution in [3.63, 3.8) is 0 Å². The largest absolute Gasteiger partial charge is 0.497 e. The highest BCUT2D eigenvalue weighted by Crippen LogP contribution is 2.35. The molecule has 0 spiro atoms. The Hall–Kier alpha value is -3.36. The van der Waals surface area contributed by atoms with Crippen molar-refractivity contribution in [2.45, 2.75) is 9.92 Å². The van der Waals surface area contributed by atoms with Crippen LogP contribution in [0.3, 0.4) is 0 Å². The normalized spacial score (nSPS) is 10.5. The molecule has 0 radical (unpaired) electrons. The maximum atomic E-state index is 12.6. The van der Waals surface area contributed by atoms with Crippen molar-refractivity contribution in [3.05, 3.63) is 77.8 Å². The van der Waals surface area contributed by atoms with E-state index in [0.717, 1.165) is 15.5 Å². The Balaban J connectivity index is 1.46. The Morgan fingerprint density at radius 2 is 1.87 bits per heavy atom. The lowest BCUT2D eigenvalue weighted by Gasteiger charge is -2.08. The molecule has 2 aromatic carbocycles. The number of anilines is 1. The summed E-state index contributed by atoms with van der Waals surface area (Å²) in [5.41, 5.74) is 2.06. The topological polar surface area (TPSA) is 73.3 Å². The first kappa shape index (κ1) is 20.9. The Labute approximate surface area is 188 Å². The fourth-order valence-electron chi connectivity index (χ4n) is 2.84. The van der Waals surface area contributed by atoms with Crippen LogP contribution in [-0.2, 0) is 0 Å². The van der Waals surface area contributed by atoms with Gasteiger partial charge in [-0.3, -0.25) is 10.1 Å². The van der Waals surface area contributed by atoms with Crippen molar-refractivity contribution in [2.24, 2.45) is 0 Å². The number of benzene rings is 2. The maximum absolute atomic E-state index is 12.6. The highest BCUT2D eigenvalue weighted by atomic mass is 32.2. The van der Waals surface area contributed by atoms with Crippen LogP contribution in [0.15, 0.2) is 82.2 Å². The Morgan fingerprint density at radius 1 is 1.03 bits per heavy atom. The van der Waals surface area contributed by atoms with Crippen LogP contribution in [0, 0.1) is 0 Å². The lowest BCUT2D eigenvalue weighted by molar-refractivity contribution is 0.102.